The van der Waals surface area contributed by atoms with E-state index in [1.165, 1.54) is 50.1 Å². The number of nitrogens with zero attached hydrogens (tertiary/aromatic N) is 1. The second-order valence-corrected chi connectivity index (χ2v) is 16.1. The van der Waals surface area contributed by atoms with Crippen LogP contribution in [0.5, 0.6) is 0 Å². The molecule has 10 aromatic rings. The third-order valence-corrected chi connectivity index (χ3v) is 12.2. The first kappa shape index (κ1) is 37.1. The molecule has 1 aliphatic rings. The van der Waals surface area contributed by atoms with E-state index in [4.69, 9.17) is 4.42 Å². The van der Waals surface area contributed by atoms with Gasteiger partial charge in [0.15, 0.2) is 0 Å². The molecule has 1 heterocycles. The van der Waals surface area contributed by atoms with Crippen molar-refractivity contribution >= 4 is 50.1 Å². The first-order valence-electron chi connectivity index (χ1n) is 21.4. The van der Waals surface area contributed by atoms with Gasteiger partial charge in [-0.15, -0.1) is 0 Å². The van der Waals surface area contributed by atoms with E-state index >= 15 is 0 Å². The van der Waals surface area contributed by atoms with Gasteiger partial charge in [0, 0.05) is 33.8 Å². The Balaban J connectivity index is 0.965. The summed E-state index contributed by atoms with van der Waals surface area (Å²) >= 11 is 0. The highest BCUT2D eigenvalue weighted by atomic mass is 16.3. The zero-order valence-electron chi connectivity index (χ0n) is 34.2. The number of rotatable bonds is 9. The smallest absolute Gasteiger partial charge is 0.135 e. The van der Waals surface area contributed by atoms with Crippen molar-refractivity contribution in [1.29, 1.82) is 0 Å². The lowest BCUT2D eigenvalue weighted by Gasteiger charge is -2.27. The molecule has 0 amide bonds. The van der Waals surface area contributed by atoms with Crippen molar-refractivity contribution in [2.24, 2.45) is 0 Å². The quantitative estimate of drug-likeness (QED) is 0.145. The normalized spacial score (nSPS) is 13.8. The number of allylic oxidation sites excluding steroid dienone is 4. The highest BCUT2D eigenvalue weighted by Crippen LogP contribution is 2.43. The fourth-order valence-electron chi connectivity index (χ4n) is 9.05. The highest BCUT2D eigenvalue weighted by Gasteiger charge is 2.21. The van der Waals surface area contributed by atoms with Gasteiger partial charge in [-0.3, -0.25) is 0 Å². The molecule has 0 radical (unpaired) electrons. The fraction of sp³-hybridized carbons (Fsp3) is 0.0333. The standard InChI is InChI=1S/C60H43NO/c1-5-14-42(15-6-1)44-24-31-52(32-25-44)61(53-33-26-45(27-34-53)49-28-35-55(46-18-9-3-10-19-46)56(39-49)47-20-11-4-12-21-47)54-23-13-22-48(38-54)51-30-37-60-58(41-51)57-40-50(29-36-59(57)62-60)43-16-7-2-8-17-43/h1-27,29-41,49H,28H2. The predicted octanol–water partition coefficient (Wildman–Crippen LogP) is 16.7. The molecule has 2 heteroatoms. The maximum absolute atomic E-state index is 6.35. The minimum absolute atomic E-state index is 0.256. The molecule has 0 saturated carbocycles. The van der Waals surface area contributed by atoms with Crippen LogP contribution in [0.2, 0.25) is 0 Å². The van der Waals surface area contributed by atoms with E-state index in [-0.39, 0.29) is 5.92 Å². The minimum atomic E-state index is 0.256. The van der Waals surface area contributed by atoms with E-state index in [1.54, 1.807) is 0 Å². The zero-order valence-corrected chi connectivity index (χ0v) is 34.2. The molecule has 0 aliphatic heterocycles. The Morgan fingerprint density at radius 3 is 1.35 bits per heavy atom. The van der Waals surface area contributed by atoms with Gasteiger partial charge in [0.05, 0.1) is 0 Å². The molecule has 0 saturated heterocycles. The summed E-state index contributed by atoms with van der Waals surface area (Å²) in [6.07, 6.45) is 5.84. The topological polar surface area (TPSA) is 16.4 Å². The molecule has 9 aromatic carbocycles. The first-order chi connectivity index (χ1) is 30.7. The summed E-state index contributed by atoms with van der Waals surface area (Å²) in [6, 6.07) is 82.8. The summed E-state index contributed by atoms with van der Waals surface area (Å²) in [4.78, 5) is 2.37. The summed E-state index contributed by atoms with van der Waals surface area (Å²) in [6.45, 7) is 0. The number of benzene rings is 9. The largest absolute Gasteiger partial charge is 0.456 e. The lowest BCUT2D eigenvalue weighted by molar-refractivity contribution is 0.669. The van der Waals surface area contributed by atoms with Crippen molar-refractivity contribution < 1.29 is 4.42 Å². The Bertz CT molecular complexity index is 3220. The molecular formula is C60H43NO. The summed E-state index contributed by atoms with van der Waals surface area (Å²) in [5.74, 6) is 0.256. The Labute approximate surface area is 363 Å². The van der Waals surface area contributed by atoms with Crippen LogP contribution in [0.25, 0.3) is 66.5 Å². The van der Waals surface area contributed by atoms with Gasteiger partial charge >= 0.3 is 0 Å². The average molecular weight is 794 g/mol. The van der Waals surface area contributed by atoms with Gasteiger partial charge < -0.3 is 9.32 Å². The van der Waals surface area contributed by atoms with Crippen LogP contribution < -0.4 is 4.90 Å². The molecule has 1 atom stereocenters. The molecule has 1 unspecified atom stereocenters. The Hall–Kier alpha value is -7.94. The second kappa shape index (κ2) is 16.3. The van der Waals surface area contributed by atoms with Crippen molar-refractivity contribution in [3.8, 4) is 33.4 Å². The van der Waals surface area contributed by atoms with E-state index in [0.717, 1.165) is 56.5 Å². The van der Waals surface area contributed by atoms with Crippen LogP contribution in [-0.4, -0.2) is 0 Å². The van der Waals surface area contributed by atoms with Gasteiger partial charge in [0.25, 0.3) is 0 Å². The zero-order chi connectivity index (χ0) is 41.2. The number of furan rings is 1. The molecule has 62 heavy (non-hydrogen) atoms. The molecule has 294 valence electrons. The molecule has 0 N–H and O–H groups in total. The van der Waals surface area contributed by atoms with Crippen molar-refractivity contribution in [2.75, 3.05) is 4.90 Å². The number of hydrogen-bond acceptors (Lipinski definition) is 2. The van der Waals surface area contributed by atoms with Crippen molar-refractivity contribution in [1.82, 2.24) is 0 Å². The lowest BCUT2D eigenvalue weighted by Crippen LogP contribution is -2.10. The maximum atomic E-state index is 6.35. The molecule has 0 bridgehead atoms. The number of fused-ring (bicyclic) bond motifs is 3. The molecule has 0 spiro atoms. The van der Waals surface area contributed by atoms with Crippen LogP contribution in [0.15, 0.2) is 247 Å². The summed E-state index contributed by atoms with van der Waals surface area (Å²) in [5.41, 5.74) is 18.5. The monoisotopic (exact) mass is 793 g/mol. The van der Waals surface area contributed by atoms with Crippen molar-refractivity contribution in [3.05, 3.63) is 259 Å². The van der Waals surface area contributed by atoms with Crippen molar-refractivity contribution in [2.45, 2.75) is 12.3 Å². The maximum Gasteiger partial charge on any atom is 0.135 e. The lowest BCUT2D eigenvalue weighted by atomic mass is 9.81. The van der Waals surface area contributed by atoms with E-state index in [1.807, 2.05) is 0 Å². The van der Waals surface area contributed by atoms with E-state index in [9.17, 15) is 0 Å². The average Bonchev–Trinajstić information content (AvgIpc) is 3.73. The molecule has 1 aromatic heterocycles. The molecule has 11 rings (SSSR count). The van der Waals surface area contributed by atoms with Crippen molar-refractivity contribution in [3.63, 3.8) is 0 Å². The fourth-order valence-corrected chi connectivity index (χ4v) is 9.05. The third kappa shape index (κ3) is 7.23. The first-order valence-corrected chi connectivity index (χ1v) is 21.4. The summed E-state index contributed by atoms with van der Waals surface area (Å²) < 4.78 is 6.35. The second-order valence-electron chi connectivity index (χ2n) is 16.1. The predicted molar refractivity (Wildman–Crippen MR) is 261 cm³/mol. The van der Waals surface area contributed by atoms with Gasteiger partial charge in [-0.1, -0.05) is 182 Å². The van der Waals surface area contributed by atoms with E-state index in [0.29, 0.717) is 0 Å². The Kier molecular flexibility index (Phi) is 9.72. The molecule has 0 fully saturated rings. The molecule has 2 nitrogen and oxygen atoms in total. The van der Waals surface area contributed by atoms with Crippen LogP contribution in [0.3, 0.4) is 0 Å². The van der Waals surface area contributed by atoms with Gasteiger partial charge in [0.1, 0.15) is 11.2 Å². The van der Waals surface area contributed by atoms with Gasteiger partial charge in [0.2, 0.25) is 0 Å². The van der Waals surface area contributed by atoms with Crippen LogP contribution in [0.1, 0.15) is 29.0 Å². The van der Waals surface area contributed by atoms with Crippen LogP contribution >= 0.6 is 0 Å². The summed E-state index contributed by atoms with van der Waals surface area (Å²) in [7, 11) is 0. The van der Waals surface area contributed by atoms with Gasteiger partial charge in [-0.05, 0) is 128 Å². The van der Waals surface area contributed by atoms with Gasteiger partial charge in [-0.2, -0.15) is 0 Å². The van der Waals surface area contributed by atoms with E-state index in [2.05, 4.69) is 248 Å². The van der Waals surface area contributed by atoms with Crippen LogP contribution in [0, 0.1) is 0 Å². The van der Waals surface area contributed by atoms with Crippen LogP contribution in [0.4, 0.5) is 17.1 Å². The number of hydrogen-bond donors (Lipinski definition) is 0. The van der Waals surface area contributed by atoms with Gasteiger partial charge in [-0.25, -0.2) is 0 Å². The third-order valence-electron chi connectivity index (χ3n) is 12.2. The Morgan fingerprint density at radius 1 is 0.339 bits per heavy atom. The SMILES string of the molecule is C1=C(c2ccccc2)C(c2ccccc2)=CC(c2ccc(N(c3ccc(-c4ccccc4)cc3)c3cccc(-c4ccc5oc6ccc(-c7ccccc7)cc6c5c4)c3)cc2)C1. The minimum Gasteiger partial charge on any atom is -0.456 e. The number of anilines is 3. The molecular weight excluding hydrogens is 751 g/mol. The highest BCUT2D eigenvalue weighted by molar-refractivity contribution is 6.08. The summed E-state index contributed by atoms with van der Waals surface area (Å²) in [5, 5.41) is 2.23. The Morgan fingerprint density at radius 2 is 0.774 bits per heavy atom. The molecule has 1 aliphatic carbocycles. The van der Waals surface area contributed by atoms with Crippen LogP contribution in [-0.2, 0) is 0 Å². The van der Waals surface area contributed by atoms with E-state index < -0.39 is 0 Å².